The Morgan fingerprint density at radius 3 is 2.56 bits per heavy atom. The van der Waals surface area contributed by atoms with E-state index in [4.69, 9.17) is 0 Å². The van der Waals surface area contributed by atoms with Gasteiger partial charge >= 0.3 is 0 Å². The van der Waals surface area contributed by atoms with Crippen molar-refractivity contribution in [1.29, 1.82) is 0 Å². The Morgan fingerprint density at radius 1 is 1.06 bits per heavy atom. The molecule has 2 rings (SSSR count). The van der Waals surface area contributed by atoms with Crippen LogP contribution in [0.15, 0.2) is 42.5 Å². The molecule has 0 aliphatic heterocycles. The van der Waals surface area contributed by atoms with Gasteiger partial charge in [0.1, 0.15) is 0 Å². The zero-order chi connectivity index (χ0) is 13.0. The number of rotatable bonds is 4. The van der Waals surface area contributed by atoms with Crippen molar-refractivity contribution < 1.29 is 14.7 Å². The van der Waals surface area contributed by atoms with Crippen molar-refractivity contribution in [3.8, 4) is 0 Å². The average molecular weight is 242 g/mol. The minimum atomic E-state index is -1.29. The molecule has 0 radical (unpaired) electrons. The van der Waals surface area contributed by atoms with Crippen LogP contribution >= 0.6 is 0 Å². The van der Waals surface area contributed by atoms with Gasteiger partial charge in [0.25, 0.3) is 0 Å². The van der Waals surface area contributed by atoms with Gasteiger partial charge < -0.3 is 15.2 Å². The molecule has 92 valence electrons. The van der Waals surface area contributed by atoms with Gasteiger partial charge in [0.05, 0.1) is 18.9 Å². The van der Waals surface area contributed by atoms with E-state index in [1.807, 2.05) is 42.5 Å². The predicted molar refractivity (Wildman–Crippen MR) is 65.7 cm³/mol. The highest BCUT2D eigenvalue weighted by Crippen LogP contribution is 2.18. The number of benzene rings is 2. The average Bonchev–Trinajstić information content (AvgIpc) is 2.37. The van der Waals surface area contributed by atoms with E-state index in [0.29, 0.717) is 0 Å². The smallest absolute Gasteiger partial charge is 0.224 e. The third kappa shape index (κ3) is 2.85. The Balaban J connectivity index is 2.16. The summed E-state index contributed by atoms with van der Waals surface area (Å²) in [5.41, 5.74) is 0.879. The lowest BCUT2D eigenvalue weighted by atomic mass is 10.0. The van der Waals surface area contributed by atoms with Crippen LogP contribution in [0.25, 0.3) is 10.8 Å². The van der Waals surface area contributed by atoms with Crippen LogP contribution in [0.2, 0.25) is 0 Å². The van der Waals surface area contributed by atoms with Crippen molar-refractivity contribution in [3.05, 3.63) is 48.0 Å². The molecular formula is C14H12NO3-. The number of fused-ring (bicyclic) bond motifs is 1. The molecule has 1 N–H and O–H groups in total. The standard InChI is InChI=1S/C14H13NO3/c16-13(15-9-14(17)18)8-11-6-3-5-10-4-1-2-7-12(10)11/h1-7H,8-9H2,(H,15,16)(H,17,18)/p-1. The first-order chi connectivity index (χ1) is 8.66. The summed E-state index contributed by atoms with van der Waals surface area (Å²) >= 11 is 0. The van der Waals surface area contributed by atoms with E-state index in [1.165, 1.54) is 0 Å². The van der Waals surface area contributed by atoms with Crippen molar-refractivity contribution in [3.63, 3.8) is 0 Å². The maximum Gasteiger partial charge on any atom is 0.224 e. The van der Waals surface area contributed by atoms with Crippen molar-refractivity contribution in [1.82, 2.24) is 5.32 Å². The van der Waals surface area contributed by atoms with Crippen LogP contribution in [0.1, 0.15) is 5.56 Å². The van der Waals surface area contributed by atoms with Gasteiger partial charge in [-0.3, -0.25) is 4.79 Å². The van der Waals surface area contributed by atoms with Gasteiger partial charge in [-0.1, -0.05) is 42.5 Å². The molecule has 0 fully saturated rings. The number of aliphatic carboxylic acids is 1. The molecule has 0 aromatic heterocycles. The summed E-state index contributed by atoms with van der Waals surface area (Å²) in [6.45, 7) is -0.455. The van der Waals surface area contributed by atoms with Crippen LogP contribution in [-0.4, -0.2) is 18.4 Å². The fraction of sp³-hybridized carbons (Fsp3) is 0.143. The molecule has 0 spiro atoms. The molecule has 4 nitrogen and oxygen atoms in total. The maximum absolute atomic E-state index is 11.6. The van der Waals surface area contributed by atoms with Gasteiger partial charge in [-0.25, -0.2) is 0 Å². The summed E-state index contributed by atoms with van der Waals surface area (Å²) in [5.74, 6) is -1.61. The molecule has 4 heteroatoms. The molecule has 18 heavy (non-hydrogen) atoms. The molecule has 0 bridgehead atoms. The molecule has 0 atom stereocenters. The summed E-state index contributed by atoms with van der Waals surface area (Å²) in [4.78, 5) is 21.8. The number of hydrogen-bond donors (Lipinski definition) is 1. The monoisotopic (exact) mass is 242 g/mol. The molecule has 0 heterocycles. The minimum Gasteiger partial charge on any atom is -0.548 e. The fourth-order valence-corrected chi connectivity index (χ4v) is 1.85. The zero-order valence-electron chi connectivity index (χ0n) is 9.68. The van der Waals surface area contributed by atoms with E-state index in [0.717, 1.165) is 16.3 Å². The third-order valence-corrected chi connectivity index (χ3v) is 2.66. The van der Waals surface area contributed by atoms with Crippen LogP contribution in [0.3, 0.4) is 0 Å². The second kappa shape index (κ2) is 5.31. The minimum absolute atomic E-state index is 0.161. The van der Waals surface area contributed by atoms with E-state index >= 15 is 0 Å². The molecule has 0 saturated heterocycles. The summed E-state index contributed by atoms with van der Waals surface area (Å²) in [6, 6.07) is 13.5. The molecule has 2 aromatic rings. The fourth-order valence-electron chi connectivity index (χ4n) is 1.85. The van der Waals surface area contributed by atoms with Gasteiger partial charge in [0.15, 0.2) is 0 Å². The van der Waals surface area contributed by atoms with Crippen molar-refractivity contribution in [2.24, 2.45) is 0 Å². The Hall–Kier alpha value is -2.36. The Bertz CT molecular complexity index is 587. The lowest BCUT2D eigenvalue weighted by Gasteiger charge is -2.08. The predicted octanol–water partition coefficient (Wildman–Crippen LogP) is 0.248. The Kier molecular flexibility index (Phi) is 3.57. The van der Waals surface area contributed by atoms with Crippen LogP contribution in [0.5, 0.6) is 0 Å². The lowest BCUT2D eigenvalue weighted by molar-refractivity contribution is -0.304. The zero-order valence-corrected chi connectivity index (χ0v) is 9.68. The number of carbonyl (C=O) groups excluding carboxylic acids is 2. The summed E-state index contributed by atoms with van der Waals surface area (Å²) < 4.78 is 0. The summed E-state index contributed by atoms with van der Waals surface area (Å²) in [7, 11) is 0. The second-order valence-electron chi connectivity index (χ2n) is 3.96. The number of carbonyl (C=O) groups is 2. The molecule has 0 unspecified atom stereocenters. The summed E-state index contributed by atoms with van der Waals surface area (Å²) in [6.07, 6.45) is 0.161. The van der Waals surface area contributed by atoms with Crippen molar-refractivity contribution in [2.45, 2.75) is 6.42 Å². The molecule has 0 aliphatic carbocycles. The molecule has 0 aliphatic rings. The van der Waals surface area contributed by atoms with E-state index in [-0.39, 0.29) is 12.3 Å². The van der Waals surface area contributed by atoms with Crippen molar-refractivity contribution >= 4 is 22.6 Å². The van der Waals surface area contributed by atoms with Crippen LogP contribution < -0.4 is 10.4 Å². The number of amides is 1. The van der Waals surface area contributed by atoms with E-state index in [9.17, 15) is 14.7 Å². The highest BCUT2D eigenvalue weighted by atomic mass is 16.4. The van der Waals surface area contributed by atoms with Crippen LogP contribution in [0.4, 0.5) is 0 Å². The number of carboxylic acids is 1. The largest absolute Gasteiger partial charge is 0.548 e. The van der Waals surface area contributed by atoms with Gasteiger partial charge in [-0.15, -0.1) is 0 Å². The molecule has 1 amide bonds. The number of nitrogens with one attached hydrogen (secondary N) is 1. The quantitative estimate of drug-likeness (QED) is 0.835. The number of hydrogen-bond acceptors (Lipinski definition) is 3. The first-order valence-electron chi connectivity index (χ1n) is 5.60. The highest BCUT2D eigenvalue weighted by Gasteiger charge is 2.06. The Labute approximate surface area is 104 Å². The maximum atomic E-state index is 11.6. The molecule has 2 aromatic carbocycles. The summed E-state index contributed by atoms with van der Waals surface area (Å²) in [5, 5.41) is 14.6. The number of carboxylic acid groups (broad SMARTS) is 1. The van der Waals surface area contributed by atoms with Crippen molar-refractivity contribution in [2.75, 3.05) is 6.54 Å². The van der Waals surface area contributed by atoms with E-state index in [1.54, 1.807) is 0 Å². The normalized spacial score (nSPS) is 10.2. The highest BCUT2D eigenvalue weighted by molar-refractivity contribution is 5.90. The van der Waals surface area contributed by atoms with Gasteiger partial charge in [-0.2, -0.15) is 0 Å². The van der Waals surface area contributed by atoms with Crippen LogP contribution in [0, 0.1) is 0 Å². The Morgan fingerprint density at radius 2 is 1.78 bits per heavy atom. The van der Waals surface area contributed by atoms with E-state index < -0.39 is 12.5 Å². The SMILES string of the molecule is O=C([O-])CNC(=O)Cc1cccc2ccccc12. The lowest BCUT2D eigenvalue weighted by Crippen LogP contribution is -2.38. The first-order valence-corrected chi connectivity index (χ1v) is 5.60. The molecular weight excluding hydrogens is 230 g/mol. The second-order valence-corrected chi connectivity index (χ2v) is 3.96. The van der Waals surface area contributed by atoms with E-state index in [2.05, 4.69) is 5.32 Å². The first kappa shape index (κ1) is 12.1. The molecule has 0 saturated carbocycles. The van der Waals surface area contributed by atoms with Crippen LogP contribution in [-0.2, 0) is 16.0 Å². The van der Waals surface area contributed by atoms with Gasteiger partial charge in [0.2, 0.25) is 5.91 Å². The van der Waals surface area contributed by atoms with Gasteiger partial charge in [-0.05, 0) is 16.3 Å². The van der Waals surface area contributed by atoms with Gasteiger partial charge in [0, 0.05) is 0 Å². The third-order valence-electron chi connectivity index (χ3n) is 2.66. The topological polar surface area (TPSA) is 69.2 Å².